The van der Waals surface area contributed by atoms with E-state index in [1.807, 2.05) is 13.0 Å². The van der Waals surface area contributed by atoms with Crippen LogP contribution >= 0.6 is 0 Å². The average molecular weight is 244 g/mol. The highest BCUT2D eigenvalue weighted by molar-refractivity contribution is 5.94. The topological polar surface area (TPSA) is 94.4 Å². The second-order valence-corrected chi connectivity index (χ2v) is 3.96. The van der Waals surface area contributed by atoms with E-state index >= 15 is 0 Å². The maximum absolute atomic E-state index is 11.8. The van der Waals surface area contributed by atoms with Gasteiger partial charge in [0, 0.05) is 11.2 Å². The SMILES string of the molecule is Cc1ccc2c(c1)[n+]([O-])nc1c(C(=O)O)cnn12. The predicted molar refractivity (Wildman–Crippen MR) is 61.1 cm³/mol. The summed E-state index contributed by atoms with van der Waals surface area (Å²) in [6, 6.07) is 5.22. The summed E-state index contributed by atoms with van der Waals surface area (Å²) < 4.78 is 1.35. The lowest BCUT2D eigenvalue weighted by Gasteiger charge is -2.02. The summed E-state index contributed by atoms with van der Waals surface area (Å²) >= 11 is 0. The number of nitrogens with zero attached hydrogens (tertiary/aromatic N) is 4. The number of aromatic nitrogens is 4. The summed E-state index contributed by atoms with van der Waals surface area (Å²) in [6.07, 6.45) is 1.18. The average Bonchev–Trinajstić information content (AvgIpc) is 2.73. The van der Waals surface area contributed by atoms with Crippen molar-refractivity contribution < 1.29 is 14.7 Å². The molecule has 3 rings (SSSR count). The van der Waals surface area contributed by atoms with Crippen molar-refractivity contribution in [3.63, 3.8) is 0 Å². The van der Waals surface area contributed by atoms with Crippen LogP contribution in [-0.2, 0) is 0 Å². The minimum atomic E-state index is -1.16. The fourth-order valence-corrected chi connectivity index (χ4v) is 1.87. The number of carbonyl (C=O) groups is 1. The van der Waals surface area contributed by atoms with Gasteiger partial charge in [-0.25, -0.2) is 9.31 Å². The number of hydrogen-bond donors (Lipinski definition) is 1. The first-order valence-electron chi connectivity index (χ1n) is 5.19. The van der Waals surface area contributed by atoms with E-state index in [4.69, 9.17) is 5.11 Å². The zero-order valence-corrected chi connectivity index (χ0v) is 9.36. The van der Waals surface area contributed by atoms with E-state index in [1.165, 1.54) is 10.7 Å². The van der Waals surface area contributed by atoms with E-state index < -0.39 is 5.97 Å². The number of benzene rings is 1. The van der Waals surface area contributed by atoms with Crippen LogP contribution in [0.2, 0.25) is 0 Å². The Hall–Kier alpha value is -2.70. The zero-order valence-electron chi connectivity index (χ0n) is 9.36. The Morgan fingerprint density at radius 2 is 2.28 bits per heavy atom. The molecule has 0 radical (unpaired) electrons. The number of fused-ring (bicyclic) bond motifs is 3. The maximum Gasteiger partial charge on any atom is 0.341 e. The molecule has 7 heteroatoms. The lowest BCUT2D eigenvalue weighted by Crippen LogP contribution is -2.33. The number of carboxylic acid groups (broad SMARTS) is 1. The number of hydrogen-bond acceptors (Lipinski definition) is 4. The molecule has 0 amide bonds. The predicted octanol–water partition coefficient (Wildman–Crippen LogP) is 0.523. The third kappa shape index (κ3) is 1.30. The highest BCUT2D eigenvalue weighted by atomic mass is 16.5. The molecule has 0 bridgehead atoms. The van der Waals surface area contributed by atoms with Gasteiger partial charge in [0.25, 0.3) is 5.52 Å². The van der Waals surface area contributed by atoms with Gasteiger partial charge >= 0.3 is 5.97 Å². The van der Waals surface area contributed by atoms with Gasteiger partial charge in [-0.3, -0.25) is 0 Å². The molecule has 0 spiro atoms. The third-order valence-electron chi connectivity index (χ3n) is 2.72. The van der Waals surface area contributed by atoms with Crippen molar-refractivity contribution in [2.45, 2.75) is 6.92 Å². The fraction of sp³-hybridized carbons (Fsp3) is 0.0909. The molecule has 0 saturated heterocycles. The van der Waals surface area contributed by atoms with Gasteiger partial charge in [-0.1, -0.05) is 6.07 Å². The largest absolute Gasteiger partial charge is 0.594 e. The summed E-state index contributed by atoms with van der Waals surface area (Å²) in [6.45, 7) is 1.86. The summed E-state index contributed by atoms with van der Waals surface area (Å²) in [7, 11) is 0. The van der Waals surface area contributed by atoms with E-state index in [1.54, 1.807) is 12.1 Å². The molecule has 0 unspecified atom stereocenters. The quantitative estimate of drug-likeness (QED) is 0.497. The fourth-order valence-electron chi connectivity index (χ4n) is 1.87. The van der Waals surface area contributed by atoms with Gasteiger partial charge in [0.15, 0.2) is 0 Å². The van der Waals surface area contributed by atoms with Crippen LogP contribution in [-0.4, -0.2) is 25.8 Å². The van der Waals surface area contributed by atoms with Crippen molar-refractivity contribution in [2.75, 3.05) is 0 Å². The van der Waals surface area contributed by atoms with E-state index in [0.29, 0.717) is 15.9 Å². The van der Waals surface area contributed by atoms with Gasteiger partial charge in [0.05, 0.1) is 6.20 Å². The molecule has 90 valence electrons. The van der Waals surface area contributed by atoms with Gasteiger partial charge < -0.3 is 10.3 Å². The molecule has 1 N–H and O–H groups in total. The summed E-state index contributed by atoms with van der Waals surface area (Å²) in [4.78, 5) is 11.4. The Morgan fingerprint density at radius 3 is 3.00 bits per heavy atom. The maximum atomic E-state index is 11.8. The number of carboxylic acids is 1. The molecule has 2 aromatic heterocycles. The minimum Gasteiger partial charge on any atom is -0.594 e. The first-order valence-corrected chi connectivity index (χ1v) is 5.19. The number of aryl methyl sites for hydroxylation is 1. The normalized spacial score (nSPS) is 11.2. The van der Waals surface area contributed by atoms with E-state index in [-0.39, 0.29) is 11.2 Å². The van der Waals surface area contributed by atoms with Gasteiger partial charge in [-0.15, -0.1) is 0 Å². The van der Waals surface area contributed by atoms with Crippen LogP contribution in [0.25, 0.3) is 16.7 Å². The smallest absolute Gasteiger partial charge is 0.341 e. The van der Waals surface area contributed by atoms with Gasteiger partial charge in [0.1, 0.15) is 11.1 Å². The molecule has 0 aliphatic carbocycles. The van der Waals surface area contributed by atoms with Crippen LogP contribution in [0.15, 0.2) is 24.4 Å². The molecule has 18 heavy (non-hydrogen) atoms. The molecule has 0 atom stereocenters. The Kier molecular flexibility index (Phi) is 1.97. The summed E-state index contributed by atoms with van der Waals surface area (Å²) in [5, 5.41) is 28.4. The highest BCUT2D eigenvalue weighted by Crippen LogP contribution is 2.15. The van der Waals surface area contributed by atoms with Crippen molar-refractivity contribution in [1.82, 2.24) is 14.7 Å². The highest BCUT2D eigenvalue weighted by Gasteiger charge is 2.19. The lowest BCUT2D eigenvalue weighted by atomic mass is 10.2. The molecule has 0 fully saturated rings. The molecular formula is C11H8N4O3. The lowest BCUT2D eigenvalue weighted by molar-refractivity contribution is -0.640. The summed E-state index contributed by atoms with van der Waals surface area (Å²) in [5.74, 6) is -1.16. The second-order valence-electron chi connectivity index (χ2n) is 3.96. The van der Waals surface area contributed by atoms with Crippen LogP contribution in [0.5, 0.6) is 0 Å². The van der Waals surface area contributed by atoms with Crippen molar-refractivity contribution in [3.8, 4) is 0 Å². The van der Waals surface area contributed by atoms with Crippen LogP contribution in [0.4, 0.5) is 0 Å². The van der Waals surface area contributed by atoms with Gasteiger partial charge in [0.2, 0.25) is 5.65 Å². The third-order valence-corrected chi connectivity index (χ3v) is 2.72. The molecule has 0 saturated carbocycles. The molecular weight excluding hydrogens is 236 g/mol. The minimum absolute atomic E-state index is 0.0360. The van der Waals surface area contributed by atoms with E-state index in [9.17, 15) is 10.0 Å². The molecule has 3 aromatic rings. The molecule has 1 aromatic carbocycles. The van der Waals surface area contributed by atoms with E-state index in [2.05, 4.69) is 10.2 Å². The van der Waals surface area contributed by atoms with Crippen LogP contribution in [0.3, 0.4) is 0 Å². The Balaban J connectivity index is 2.52. The Bertz CT molecular complexity index is 794. The first kappa shape index (κ1) is 10.5. The monoisotopic (exact) mass is 244 g/mol. The standard InChI is InChI=1S/C11H8N4O3/c1-6-2-3-8-9(4-6)15(18)13-10-7(11(16)17)5-12-14(8)10/h2-5H,1H3,(H,16,17). The zero-order chi connectivity index (χ0) is 12.9. The Labute approximate surface area is 100 Å². The first-order chi connectivity index (χ1) is 8.58. The van der Waals surface area contributed by atoms with Crippen molar-refractivity contribution in [3.05, 3.63) is 40.7 Å². The van der Waals surface area contributed by atoms with Crippen molar-refractivity contribution >= 4 is 22.6 Å². The van der Waals surface area contributed by atoms with Crippen molar-refractivity contribution in [1.29, 1.82) is 0 Å². The Morgan fingerprint density at radius 1 is 1.50 bits per heavy atom. The second kappa shape index (κ2) is 3.39. The molecule has 7 nitrogen and oxygen atoms in total. The molecule has 0 aliphatic rings. The van der Waals surface area contributed by atoms with Crippen LogP contribution in [0, 0.1) is 12.1 Å². The number of rotatable bonds is 1. The van der Waals surface area contributed by atoms with Crippen LogP contribution < -0.4 is 4.85 Å². The number of aromatic carboxylic acids is 1. The molecule has 2 heterocycles. The van der Waals surface area contributed by atoms with Gasteiger partial charge in [-0.05, 0) is 23.4 Å². The van der Waals surface area contributed by atoms with Crippen LogP contribution in [0.1, 0.15) is 15.9 Å². The molecule has 0 aliphatic heterocycles. The van der Waals surface area contributed by atoms with Gasteiger partial charge in [-0.2, -0.15) is 5.10 Å². The summed E-state index contributed by atoms with van der Waals surface area (Å²) in [5.41, 5.74) is 1.73. The van der Waals surface area contributed by atoms with Crippen molar-refractivity contribution in [2.24, 2.45) is 0 Å². The van der Waals surface area contributed by atoms with E-state index in [0.717, 1.165) is 5.56 Å².